The Morgan fingerprint density at radius 2 is 1.71 bits per heavy atom. The van der Waals surface area contributed by atoms with E-state index in [1.54, 1.807) is 0 Å². The number of carbonyl (C=O) groups excluding carboxylic acids is 1. The van der Waals surface area contributed by atoms with E-state index in [0.717, 1.165) is 38.5 Å². The third-order valence-electron chi connectivity index (χ3n) is 4.55. The van der Waals surface area contributed by atoms with E-state index in [1.165, 1.54) is 44.9 Å². The highest BCUT2D eigenvalue weighted by Gasteiger charge is 2.15. The van der Waals surface area contributed by atoms with Gasteiger partial charge in [0, 0.05) is 12.5 Å². The smallest absolute Gasteiger partial charge is 0.220 e. The van der Waals surface area contributed by atoms with Crippen molar-refractivity contribution >= 4 is 5.91 Å². The molecule has 0 bridgehead atoms. The number of amides is 1. The molecular weight excluding hydrogens is 262 g/mol. The summed E-state index contributed by atoms with van der Waals surface area (Å²) in [6.07, 6.45) is 15.1. The van der Waals surface area contributed by atoms with E-state index in [4.69, 9.17) is 0 Å². The second-order valence-electron chi connectivity index (χ2n) is 6.65. The van der Waals surface area contributed by atoms with Gasteiger partial charge in [0.25, 0.3) is 0 Å². The molecule has 0 aromatic rings. The fourth-order valence-corrected chi connectivity index (χ4v) is 3.17. The van der Waals surface area contributed by atoms with Crippen LogP contribution < -0.4 is 5.32 Å². The molecule has 1 saturated carbocycles. The monoisotopic (exact) mass is 297 g/mol. The van der Waals surface area contributed by atoms with E-state index in [2.05, 4.69) is 12.2 Å². The minimum atomic E-state index is -0.214. The SMILES string of the molecule is CCCCCCC[C@H](O)CCCC(=O)NC1CCCCC1. The van der Waals surface area contributed by atoms with Crippen LogP contribution in [0.5, 0.6) is 0 Å². The molecule has 1 amide bonds. The molecule has 0 heterocycles. The Kier molecular flexibility index (Phi) is 10.6. The van der Waals surface area contributed by atoms with Crippen LogP contribution in [0.25, 0.3) is 0 Å². The highest BCUT2D eigenvalue weighted by Crippen LogP contribution is 2.17. The first kappa shape index (κ1) is 18.5. The van der Waals surface area contributed by atoms with Crippen molar-refractivity contribution in [3.05, 3.63) is 0 Å². The zero-order valence-corrected chi connectivity index (χ0v) is 13.9. The Bertz CT molecular complexity index is 262. The Balaban J connectivity index is 1.95. The number of aliphatic hydroxyl groups is 1. The molecule has 1 atom stereocenters. The summed E-state index contributed by atoms with van der Waals surface area (Å²) in [5, 5.41) is 13.0. The first-order chi connectivity index (χ1) is 10.2. The predicted octanol–water partition coefficient (Wildman–Crippen LogP) is 4.33. The van der Waals surface area contributed by atoms with Gasteiger partial charge < -0.3 is 10.4 Å². The second-order valence-corrected chi connectivity index (χ2v) is 6.65. The van der Waals surface area contributed by atoms with Gasteiger partial charge in [-0.15, -0.1) is 0 Å². The van der Waals surface area contributed by atoms with Crippen LogP contribution in [0.15, 0.2) is 0 Å². The van der Waals surface area contributed by atoms with E-state index in [1.807, 2.05) is 0 Å². The van der Waals surface area contributed by atoms with Crippen LogP contribution in [0.4, 0.5) is 0 Å². The standard InChI is InChI=1S/C18H35NO2/c1-2-3-4-5-9-13-17(20)14-10-15-18(21)19-16-11-7-6-8-12-16/h16-17,20H,2-15H2,1H3,(H,19,21)/t17-/m0/s1. The molecular formula is C18H35NO2. The summed E-state index contributed by atoms with van der Waals surface area (Å²) < 4.78 is 0. The second kappa shape index (κ2) is 12.0. The lowest BCUT2D eigenvalue weighted by atomic mass is 9.95. The van der Waals surface area contributed by atoms with Crippen LogP contribution in [0.1, 0.15) is 96.8 Å². The van der Waals surface area contributed by atoms with Crippen LogP contribution in [-0.2, 0) is 4.79 Å². The van der Waals surface area contributed by atoms with Crippen LogP contribution in [-0.4, -0.2) is 23.2 Å². The van der Waals surface area contributed by atoms with E-state index >= 15 is 0 Å². The first-order valence-corrected chi connectivity index (χ1v) is 9.19. The quantitative estimate of drug-likeness (QED) is 0.558. The number of unbranched alkanes of at least 4 members (excludes halogenated alkanes) is 4. The van der Waals surface area contributed by atoms with E-state index in [9.17, 15) is 9.90 Å². The van der Waals surface area contributed by atoms with Crippen LogP contribution in [0.3, 0.4) is 0 Å². The molecule has 21 heavy (non-hydrogen) atoms. The molecule has 3 heteroatoms. The molecule has 0 aliphatic heterocycles. The van der Waals surface area contributed by atoms with Crippen LogP contribution in [0.2, 0.25) is 0 Å². The van der Waals surface area contributed by atoms with E-state index in [0.29, 0.717) is 12.5 Å². The molecule has 0 unspecified atom stereocenters. The van der Waals surface area contributed by atoms with E-state index in [-0.39, 0.29) is 12.0 Å². The normalized spacial score (nSPS) is 17.6. The third kappa shape index (κ3) is 9.89. The number of rotatable bonds is 11. The first-order valence-electron chi connectivity index (χ1n) is 9.19. The summed E-state index contributed by atoms with van der Waals surface area (Å²) in [6.45, 7) is 2.22. The van der Waals surface area contributed by atoms with Crippen molar-refractivity contribution < 1.29 is 9.90 Å². The lowest BCUT2D eigenvalue weighted by Crippen LogP contribution is -2.36. The lowest BCUT2D eigenvalue weighted by Gasteiger charge is -2.22. The maximum absolute atomic E-state index is 11.8. The summed E-state index contributed by atoms with van der Waals surface area (Å²) in [6, 6.07) is 0.412. The molecule has 0 aromatic heterocycles. The van der Waals surface area contributed by atoms with Crippen LogP contribution >= 0.6 is 0 Å². The average molecular weight is 297 g/mol. The van der Waals surface area contributed by atoms with Crippen molar-refractivity contribution in [2.24, 2.45) is 0 Å². The zero-order chi connectivity index (χ0) is 15.3. The number of nitrogens with one attached hydrogen (secondary N) is 1. The van der Waals surface area contributed by atoms with Crippen molar-refractivity contribution in [3.8, 4) is 0 Å². The topological polar surface area (TPSA) is 49.3 Å². The largest absolute Gasteiger partial charge is 0.393 e. The average Bonchev–Trinajstić information content (AvgIpc) is 2.48. The number of aliphatic hydroxyl groups excluding tert-OH is 1. The number of hydrogen-bond donors (Lipinski definition) is 2. The van der Waals surface area contributed by atoms with Crippen molar-refractivity contribution in [1.82, 2.24) is 5.32 Å². The van der Waals surface area contributed by atoms with Crippen molar-refractivity contribution in [2.45, 2.75) is 109 Å². The molecule has 2 N–H and O–H groups in total. The molecule has 1 fully saturated rings. The molecule has 1 aliphatic carbocycles. The zero-order valence-electron chi connectivity index (χ0n) is 13.9. The van der Waals surface area contributed by atoms with Crippen molar-refractivity contribution in [3.63, 3.8) is 0 Å². The number of carbonyl (C=O) groups is 1. The summed E-state index contributed by atoms with van der Waals surface area (Å²) in [4.78, 5) is 11.8. The van der Waals surface area contributed by atoms with Gasteiger partial charge in [0.15, 0.2) is 0 Å². The van der Waals surface area contributed by atoms with Crippen molar-refractivity contribution in [1.29, 1.82) is 0 Å². The molecule has 0 saturated heterocycles. The summed E-state index contributed by atoms with van der Waals surface area (Å²) in [5.41, 5.74) is 0. The Hall–Kier alpha value is -0.570. The number of hydrogen-bond acceptors (Lipinski definition) is 2. The summed E-state index contributed by atoms with van der Waals surface area (Å²) >= 11 is 0. The molecule has 124 valence electrons. The van der Waals surface area contributed by atoms with Gasteiger partial charge in [-0.2, -0.15) is 0 Å². The maximum atomic E-state index is 11.8. The minimum Gasteiger partial charge on any atom is -0.393 e. The van der Waals surface area contributed by atoms with Crippen LogP contribution in [0, 0.1) is 0 Å². The Labute approximate surface area is 130 Å². The lowest BCUT2D eigenvalue weighted by molar-refractivity contribution is -0.122. The van der Waals surface area contributed by atoms with Gasteiger partial charge >= 0.3 is 0 Å². The van der Waals surface area contributed by atoms with Gasteiger partial charge in [0.05, 0.1) is 6.10 Å². The molecule has 3 nitrogen and oxygen atoms in total. The van der Waals surface area contributed by atoms with Gasteiger partial charge in [-0.05, 0) is 32.1 Å². The fourth-order valence-electron chi connectivity index (χ4n) is 3.17. The minimum absolute atomic E-state index is 0.178. The van der Waals surface area contributed by atoms with Gasteiger partial charge in [-0.25, -0.2) is 0 Å². The molecule has 0 radical (unpaired) electrons. The maximum Gasteiger partial charge on any atom is 0.220 e. The molecule has 0 aromatic carbocycles. The Morgan fingerprint density at radius 1 is 1.05 bits per heavy atom. The Morgan fingerprint density at radius 3 is 2.43 bits per heavy atom. The van der Waals surface area contributed by atoms with Gasteiger partial charge in [-0.1, -0.05) is 58.3 Å². The highest BCUT2D eigenvalue weighted by molar-refractivity contribution is 5.76. The van der Waals surface area contributed by atoms with E-state index < -0.39 is 0 Å². The molecule has 0 spiro atoms. The summed E-state index contributed by atoms with van der Waals surface area (Å²) in [5.74, 6) is 0.178. The predicted molar refractivity (Wildman–Crippen MR) is 88.2 cm³/mol. The van der Waals surface area contributed by atoms with Gasteiger partial charge in [-0.3, -0.25) is 4.79 Å². The van der Waals surface area contributed by atoms with Crippen molar-refractivity contribution in [2.75, 3.05) is 0 Å². The molecule has 1 aliphatic rings. The van der Waals surface area contributed by atoms with Gasteiger partial charge in [0.2, 0.25) is 5.91 Å². The van der Waals surface area contributed by atoms with Gasteiger partial charge in [0.1, 0.15) is 0 Å². The fraction of sp³-hybridized carbons (Fsp3) is 0.944. The summed E-state index contributed by atoms with van der Waals surface area (Å²) in [7, 11) is 0. The highest BCUT2D eigenvalue weighted by atomic mass is 16.3. The third-order valence-corrected chi connectivity index (χ3v) is 4.55. The molecule has 1 rings (SSSR count).